The first kappa shape index (κ1) is 24.0. The van der Waals surface area contributed by atoms with Gasteiger partial charge in [-0.25, -0.2) is 4.79 Å². The average molecular weight is 480 g/mol. The second-order valence-corrected chi connectivity index (χ2v) is 9.50. The van der Waals surface area contributed by atoms with E-state index >= 15 is 0 Å². The molecule has 2 aromatic heterocycles. The number of hydrogen-bond donors (Lipinski definition) is 5. The first-order valence-electron chi connectivity index (χ1n) is 11.1. The molecule has 0 aromatic carbocycles. The maximum atomic E-state index is 13.3. The number of anilines is 2. The summed E-state index contributed by atoms with van der Waals surface area (Å²) >= 11 is 0. The minimum Gasteiger partial charge on any atom is -0.384 e. The van der Waals surface area contributed by atoms with Crippen LogP contribution in [0.25, 0.3) is 11.4 Å². The van der Waals surface area contributed by atoms with Gasteiger partial charge in [-0.15, -0.1) is 0 Å². The van der Waals surface area contributed by atoms with Crippen molar-refractivity contribution < 1.29 is 23.1 Å². The molecule has 12 heteroatoms. The lowest BCUT2D eigenvalue weighted by molar-refractivity contribution is -0.277. The molecule has 2 aromatic rings. The molecule has 1 unspecified atom stereocenters. The summed E-state index contributed by atoms with van der Waals surface area (Å²) in [5.74, 6) is 0.381. The highest BCUT2D eigenvalue weighted by Crippen LogP contribution is 2.55. The number of rotatable bonds is 6. The number of piperidine rings is 1. The van der Waals surface area contributed by atoms with Crippen molar-refractivity contribution in [2.24, 2.45) is 5.92 Å². The Morgan fingerprint density at radius 3 is 2.68 bits per heavy atom. The molecule has 0 bridgehead atoms. The second kappa shape index (κ2) is 8.57. The zero-order chi connectivity index (χ0) is 24.7. The predicted octanol–water partition coefficient (Wildman–Crippen LogP) is 3.99. The van der Waals surface area contributed by atoms with E-state index in [1.165, 1.54) is 17.3 Å². The average Bonchev–Trinajstić information content (AvgIpc) is 3.35. The van der Waals surface area contributed by atoms with E-state index in [9.17, 15) is 23.1 Å². The molecule has 2 fully saturated rings. The number of halogens is 3. The molecular weight excluding hydrogens is 451 g/mol. The van der Waals surface area contributed by atoms with Gasteiger partial charge in [-0.3, -0.25) is 10.1 Å². The van der Waals surface area contributed by atoms with Gasteiger partial charge in [0.2, 0.25) is 0 Å². The van der Waals surface area contributed by atoms with E-state index in [0.29, 0.717) is 53.6 Å². The number of H-pyrrole nitrogens is 1. The molecule has 1 atom stereocenters. The van der Waals surface area contributed by atoms with Crippen molar-refractivity contribution in [3.8, 4) is 11.4 Å². The Morgan fingerprint density at radius 1 is 1.32 bits per heavy atom. The fourth-order valence-electron chi connectivity index (χ4n) is 4.36. The van der Waals surface area contributed by atoms with Crippen LogP contribution < -0.4 is 10.6 Å². The first-order chi connectivity index (χ1) is 16.0. The number of aromatic nitrogens is 3. The van der Waals surface area contributed by atoms with Crippen molar-refractivity contribution in [1.29, 1.82) is 5.41 Å². The normalized spacial score (nSPS) is 21.6. The Hall–Kier alpha value is -3.15. The minimum atomic E-state index is -4.74. The van der Waals surface area contributed by atoms with Gasteiger partial charge in [0.05, 0.1) is 17.6 Å². The number of nitrogens with one attached hydrogen (secondary N) is 4. The Kier molecular flexibility index (Phi) is 6.05. The molecule has 4 rings (SSSR count). The summed E-state index contributed by atoms with van der Waals surface area (Å²) in [5.41, 5.74) is -1.20. The standard InChI is InChI=1S/C22H28F3N7O2/c1-13(2)9-27-15-7-16(28-10-14(15)8-26)18-17(11-29-31-18)30-19(33)32-6-5-21(34,22(23,24)25)12-20(32)3-4-20/h7-8,10-11,13,26,34H,3-6,9,12H2,1-2H3,(H,27,28)(H,29,31)(H,30,33). The number of alkyl halides is 3. The summed E-state index contributed by atoms with van der Waals surface area (Å²) in [6.45, 7) is 4.61. The lowest BCUT2D eigenvalue weighted by Crippen LogP contribution is -2.60. The van der Waals surface area contributed by atoms with E-state index in [2.05, 4.69) is 39.7 Å². The molecular formula is C22H28F3N7O2. The smallest absolute Gasteiger partial charge is 0.384 e. The van der Waals surface area contributed by atoms with Gasteiger partial charge >= 0.3 is 12.2 Å². The predicted molar refractivity (Wildman–Crippen MR) is 121 cm³/mol. The third-order valence-electron chi connectivity index (χ3n) is 6.47. The van der Waals surface area contributed by atoms with Crippen LogP contribution in [0.3, 0.4) is 0 Å². The summed E-state index contributed by atoms with van der Waals surface area (Å²) < 4.78 is 40.0. The molecule has 1 spiro atoms. The van der Waals surface area contributed by atoms with Crippen LogP contribution in [-0.4, -0.2) is 67.8 Å². The maximum Gasteiger partial charge on any atom is 0.417 e. The van der Waals surface area contributed by atoms with Crippen molar-refractivity contribution >= 4 is 23.6 Å². The number of pyridine rings is 1. The minimum absolute atomic E-state index is 0.204. The van der Waals surface area contributed by atoms with Gasteiger partial charge in [0.1, 0.15) is 5.69 Å². The summed E-state index contributed by atoms with van der Waals surface area (Å²) in [7, 11) is 0. The molecule has 1 saturated heterocycles. The third-order valence-corrected chi connectivity index (χ3v) is 6.47. The van der Waals surface area contributed by atoms with Crippen molar-refractivity contribution in [2.75, 3.05) is 23.7 Å². The van der Waals surface area contributed by atoms with E-state index in [1.807, 2.05) is 0 Å². The molecule has 0 radical (unpaired) electrons. The van der Waals surface area contributed by atoms with Gasteiger partial charge in [0.25, 0.3) is 0 Å². The maximum absolute atomic E-state index is 13.3. The Labute approximate surface area is 194 Å². The topological polar surface area (TPSA) is 130 Å². The van der Waals surface area contributed by atoms with E-state index in [1.54, 1.807) is 12.3 Å². The van der Waals surface area contributed by atoms with Crippen molar-refractivity contribution in [3.05, 3.63) is 24.0 Å². The molecule has 184 valence electrons. The van der Waals surface area contributed by atoms with Crippen molar-refractivity contribution in [2.45, 2.75) is 56.8 Å². The number of aliphatic hydroxyl groups is 1. The molecule has 1 aliphatic heterocycles. The molecule has 2 amide bonds. The Morgan fingerprint density at radius 2 is 2.06 bits per heavy atom. The van der Waals surface area contributed by atoms with E-state index in [4.69, 9.17) is 5.41 Å². The van der Waals surface area contributed by atoms with Gasteiger partial charge in [-0.1, -0.05) is 13.8 Å². The molecule has 1 aliphatic carbocycles. The highest BCUT2D eigenvalue weighted by molar-refractivity contribution is 5.94. The zero-order valence-electron chi connectivity index (χ0n) is 19.0. The lowest BCUT2D eigenvalue weighted by Gasteiger charge is -2.45. The largest absolute Gasteiger partial charge is 0.417 e. The van der Waals surface area contributed by atoms with Gasteiger partial charge in [-0.05, 0) is 24.8 Å². The molecule has 1 saturated carbocycles. The van der Waals surface area contributed by atoms with Crippen molar-refractivity contribution in [3.63, 3.8) is 0 Å². The number of hydrogen-bond acceptors (Lipinski definition) is 6. The fourth-order valence-corrected chi connectivity index (χ4v) is 4.36. The van der Waals surface area contributed by atoms with Gasteiger partial charge in [0, 0.05) is 55.1 Å². The quantitative estimate of drug-likeness (QED) is 0.400. The Bertz CT molecular complexity index is 1080. The fraction of sp³-hybridized carbons (Fsp3) is 0.545. The summed E-state index contributed by atoms with van der Waals surface area (Å²) in [6.07, 6.45) is -0.853. The molecule has 3 heterocycles. The molecule has 5 N–H and O–H groups in total. The second-order valence-electron chi connectivity index (χ2n) is 9.50. The summed E-state index contributed by atoms with van der Waals surface area (Å²) in [5, 5.41) is 30.6. The number of nitrogens with zero attached hydrogens (tertiary/aromatic N) is 3. The van der Waals surface area contributed by atoms with Crippen LogP contribution in [0.5, 0.6) is 0 Å². The van der Waals surface area contributed by atoms with Crippen LogP contribution in [0.15, 0.2) is 18.5 Å². The van der Waals surface area contributed by atoms with Crippen LogP contribution in [-0.2, 0) is 0 Å². The van der Waals surface area contributed by atoms with Crippen LogP contribution in [0.1, 0.15) is 45.1 Å². The molecule has 34 heavy (non-hydrogen) atoms. The molecule has 2 aliphatic rings. The zero-order valence-corrected chi connectivity index (χ0v) is 19.0. The lowest BCUT2D eigenvalue weighted by atomic mass is 9.84. The number of amides is 2. The van der Waals surface area contributed by atoms with Gasteiger partial charge < -0.3 is 26.0 Å². The number of urea groups is 1. The van der Waals surface area contributed by atoms with Crippen LogP contribution >= 0.6 is 0 Å². The Balaban J connectivity index is 1.53. The molecule has 9 nitrogen and oxygen atoms in total. The monoisotopic (exact) mass is 479 g/mol. The number of aromatic amines is 1. The van der Waals surface area contributed by atoms with Crippen LogP contribution in [0, 0.1) is 11.3 Å². The highest BCUT2D eigenvalue weighted by atomic mass is 19.4. The number of carbonyl (C=O) groups excluding carboxylic acids is 1. The summed E-state index contributed by atoms with van der Waals surface area (Å²) in [6, 6.07) is 1.21. The number of carbonyl (C=O) groups is 1. The summed E-state index contributed by atoms with van der Waals surface area (Å²) in [4.78, 5) is 18.8. The van der Waals surface area contributed by atoms with E-state index in [-0.39, 0.29) is 6.54 Å². The first-order valence-corrected chi connectivity index (χ1v) is 11.1. The van der Waals surface area contributed by atoms with Gasteiger partial charge in [-0.2, -0.15) is 18.3 Å². The van der Waals surface area contributed by atoms with Crippen LogP contribution in [0.4, 0.5) is 29.3 Å². The SMILES string of the molecule is CC(C)CNc1cc(-c2[nH]ncc2NC(=O)N2CCC(O)(C(F)(F)F)CC23CC3)ncc1C=N. The van der Waals surface area contributed by atoms with Gasteiger partial charge in [0.15, 0.2) is 5.60 Å². The van der Waals surface area contributed by atoms with Crippen molar-refractivity contribution in [1.82, 2.24) is 20.1 Å². The van der Waals surface area contributed by atoms with E-state index in [0.717, 1.165) is 0 Å². The number of likely N-dealkylation sites (tertiary alicyclic amines) is 1. The highest BCUT2D eigenvalue weighted by Gasteiger charge is 2.65. The van der Waals surface area contributed by atoms with E-state index < -0.39 is 36.2 Å². The third kappa shape index (κ3) is 4.46. The van der Waals surface area contributed by atoms with Crippen LogP contribution in [0.2, 0.25) is 0 Å².